The van der Waals surface area contributed by atoms with E-state index in [0.717, 1.165) is 5.56 Å². The van der Waals surface area contributed by atoms with Crippen molar-refractivity contribution in [3.63, 3.8) is 0 Å². The first kappa shape index (κ1) is 16.5. The normalized spacial score (nSPS) is 11.5. The van der Waals surface area contributed by atoms with Crippen LogP contribution in [0, 0.1) is 5.41 Å². The summed E-state index contributed by atoms with van der Waals surface area (Å²) in [5.74, 6) is 4.48. The van der Waals surface area contributed by atoms with E-state index in [1.807, 2.05) is 30.3 Å². The summed E-state index contributed by atoms with van der Waals surface area (Å²) in [7, 11) is -4.14. The third-order valence-corrected chi connectivity index (χ3v) is 3.75. The zero-order chi connectivity index (χ0) is 16.9. The van der Waals surface area contributed by atoms with E-state index in [9.17, 15) is 8.42 Å². The highest BCUT2D eigenvalue weighted by Crippen LogP contribution is 2.23. The van der Waals surface area contributed by atoms with E-state index in [1.165, 1.54) is 12.3 Å². The van der Waals surface area contributed by atoms with Crippen molar-refractivity contribution in [2.24, 2.45) is 21.3 Å². The molecule has 0 amide bonds. The van der Waals surface area contributed by atoms with Crippen molar-refractivity contribution in [3.05, 3.63) is 53.7 Å². The highest BCUT2D eigenvalue weighted by atomic mass is 32.2. The summed E-state index contributed by atoms with van der Waals surface area (Å²) in [5, 5.41) is 21.9. The maximum absolute atomic E-state index is 11.7. The Balaban J connectivity index is 2.44. The maximum atomic E-state index is 11.7. The average Bonchev–Trinajstić information content (AvgIpc) is 2.53. The Kier molecular flexibility index (Phi) is 4.98. The fraction of sp³-hybridized carbons (Fsp3) is 0.0769. The van der Waals surface area contributed by atoms with E-state index in [0.29, 0.717) is 12.2 Å². The van der Waals surface area contributed by atoms with Gasteiger partial charge in [-0.05, 0) is 11.6 Å². The maximum Gasteiger partial charge on any atom is 0.256 e. The fourth-order valence-electron chi connectivity index (χ4n) is 1.94. The molecule has 2 rings (SSSR count). The number of benzene rings is 1. The molecule has 0 saturated carbocycles. The van der Waals surface area contributed by atoms with Gasteiger partial charge in [-0.3, -0.25) is 5.41 Å². The molecule has 0 bridgehead atoms. The van der Waals surface area contributed by atoms with Crippen LogP contribution in [0.25, 0.3) is 0 Å². The largest absolute Gasteiger partial charge is 0.380 e. The standard InChI is InChI=1S/C13H15N7O2S/c14-12(19-20-15)11-10(6-7-17-13(11)23(16,21)22)18-8-9-4-2-1-3-5-9/h1-7H,8H2,(H,17,18)(H3,14,15,19)(H2,16,21,22). The number of rotatable bonds is 5. The van der Waals surface area contributed by atoms with Crippen molar-refractivity contribution >= 4 is 21.5 Å². The molecule has 0 saturated heterocycles. The van der Waals surface area contributed by atoms with E-state index in [2.05, 4.69) is 20.6 Å². The quantitative estimate of drug-likeness (QED) is 0.211. The van der Waals surface area contributed by atoms with Crippen molar-refractivity contribution < 1.29 is 8.42 Å². The van der Waals surface area contributed by atoms with Gasteiger partial charge in [0.1, 0.15) is 0 Å². The lowest BCUT2D eigenvalue weighted by Gasteiger charge is -2.13. The van der Waals surface area contributed by atoms with E-state index < -0.39 is 20.9 Å². The van der Waals surface area contributed by atoms with Crippen LogP contribution in [0.3, 0.4) is 0 Å². The number of hydrogen-bond donors (Lipinski definition) is 4. The van der Waals surface area contributed by atoms with Gasteiger partial charge >= 0.3 is 0 Å². The van der Waals surface area contributed by atoms with Crippen LogP contribution in [-0.2, 0) is 16.6 Å². The third kappa shape index (κ3) is 4.08. The number of sulfonamides is 1. The van der Waals surface area contributed by atoms with Gasteiger partial charge in [0.05, 0.1) is 11.3 Å². The average molecular weight is 333 g/mol. The summed E-state index contributed by atoms with van der Waals surface area (Å²) in [6.45, 7) is 0.412. The van der Waals surface area contributed by atoms with Gasteiger partial charge in [-0.1, -0.05) is 35.6 Å². The second-order valence-corrected chi connectivity index (χ2v) is 5.96. The van der Waals surface area contributed by atoms with Gasteiger partial charge in [0.25, 0.3) is 10.0 Å². The Bertz CT molecular complexity index is 835. The number of anilines is 1. The zero-order valence-corrected chi connectivity index (χ0v) is 12.8. The summed E-state index contributed by atoms with van der Waals surface area (Å²) in [5.41, 5.74) is 1.23. The van der Waals surface area contributed by atoms with Crippen LogP contribution in [0.4, 0.5) is 5.69 Å². The van der Waals surface area contributed by atoms with Gasteiger partial charge < -0.3 is 11.2 Å². The Morgan fingerprint density at radius 2 is 1.96 bits per heavy atom. The molecule has 0 spiro atoms. The molecular weight excluding hydrogens is 318 g/mol. The summed E-state index contributed by atoms with van der Waals surface area (Å²) in [6, 6.07) is 11.0. The molecule has 0 fully saturated rings. The van der Waals surface area contributed by atoms with Gasteiger partial charge in [0.15, 0.2) is 10.9 Å². The minimum absolute atomic E-state index is 0.0832. The molecule has 0 atom stereocenters. The summed E-state index contributed by atoms with van der Waals surface area (Å²) < 4.78 is 23.4. The molecule has 6 N–H and O–H groups in total. The fourth-order valence-corrected chi connectivity index (χ4v) is 2.63. The SMILES string of the molecule is N=C(N=NN)c1c(NCc2ccccc2)ccnc1S(N)(=O)=O. The number of hydrogen-bond acceptors (Lipinski definition) is 6. The first-order chi connectivity index (χ1) is 10.9. The van der Waals surface area contributed by atoms with E-state index >= 15 is 0 Å². The molecule has 9 nitrogen and oxygen atoms in total. The minimum Gasteiger partial charge on any atom is -0.380 e. The van der Waals surface area contributed by atoms with Crippen LogP contribution in [0.15, 0.2) is 58.0 Å². The molecule has 0 aliphatic heterocycles. The summed E-state index contributed by atoms with van der Waals surface area (Å²) in [4.78, 5) is 3.73. The van der Waals surface area contributed by atoms with Crippen LogP contribution >= 0.6 is 0 Å². The Hall–Kier alpha value is -2.85. The monoisotopic (exact) mass is 333 g/mol. The molecule has 10 heteroatoms. The Morgan fingerprint density at radius 3 is 2.57 bits per heavy atom. The van der Waals surface area contributed by atoms with E-state index in [4.69, 9.17) is 16.4 Å². The number of primary sulfonamides is 1. The number of nitrogens with two attached hydrogens (primary N) is 2. The molecule has 120 valence electrons. The molecule has 1 heterocycles. The topological polar surface area (TPSA) is 160 Å². The highest BCUT2D eigenvalue weighted by molar-refractivity contribution is 7.89. The van der Waals surface area contributed by atoms with E-state index in [1.54, 1.807) is 0 Å². The van der Waals surface area contributed by atoms with Crippen LogP contribution in [0.5, 0.6) is 0 Å². The van der Waals surface area contributed by atoms with Gasteiger partial charge in [-0.2, -0.15) is 0 Å². The Morgan fingerprint density at radius 1 is 1.26 bits per heavy atom. The van der Waals surface area contributed by atoms with Crippen LogP contribution in [0.2, 0.25) is 0 Å². The molecule has 0 unspecified atom stereocenters. The second-order valence-electron chi connectivity index (χ2n) is 4.49. The molecule has 23 heavy (non-hydrogen) atoms. The lowest BCUT2D eigenvalue weighted by Crippen LogP contribution is -2.19. The molecule has 1 aromatic heterocycles. The predicted octanol–water partition coefficient (Wildman–Crippen LogP) is 0.992. The second kappa shape index (κ2) is 6.94. The lowest BCUT2D eigenvalue weighted by molar-refractivity contribution is 0.594. The molecular formula is C13H15N7O2S. The number of aromatic nitrogens is 1. The number of pyridine rings is 1. The van der Waals surface area contributed by atoms with Crippen molar-refractivity contribution in [2.45, 2.75) is 11.6 Å². The predicted molar refractivity (Wildman–Crippen MR) is 85.3 cm³/mol. The van der Waals surface area contributed by atoms with Crippen molar-refractivity contribution in [1.82, 2.24) is 4.98 Å². The van der Waals surface area contributed by atoms with E-state index in [-0.39, 0.29) is 5.56 Å². The Labute approximate surface area is 133 Å². The van der Waals surface area contributed by atoms with Gasteiger partial charge in [0, 0.05) is 12.7 Å². The molecule has 0 radical (unpaired) electrons. The summed E-state index contributed by atoms with van der Waals surface area (Å²) >= 11 is 0. The minimum atomic E-state index is -4.14. The smallest absolute Gasteiger partial charge is 0.256 e. The van der Waals surface area contributed by atoms with Crippen molar-refractivity contribution in [2.75, 3.05) is 5.32 Å². The van der Waals surface area contributed by atoms with Gasteiger partial charge in [-0.25, -0.2) is 18.5 Å². The number of nitrogens with zero attached hydrogens (tertiary/aromatic N) is 3. The third-order valence-electron chi connectivity index (χ3n) is 2.91. The van der Waals surface area contributed by atoms with Crippen LogP contribution in [-0.4, -0.2) is 19.2 Å². The number of amidine groups is 1. The molecule has 0 aliphatic rings. The number of nitrogens with one attached hydrogen (secondary N) is 2. The van der Waals surface area contributed by atoms with Gasteiger partial charge in [-0.15, -0.1) is 5.11 Å². The van der Waals surface area contributed by atoms with Crippen LogP contribution in [0.1, 0.15) is 11.1 Å². The first-order valence-electron chi connectivity index (χ1n) is 6.43. The van der Waals surface area contributed by atoms with Crippen LogP contribution < -0.4 is 16.3 Å². The lowest BCUT2D eigenvalue weighted by atomic mass is 10.2. The molecule has 2 aromatic rings. The summed E-state index contributed by atoms with van der Waals surface area (Å²) in [6.07, 6.45) is 1.28. The van der Waals surface area contributed by atoms with Crippen molar-refractivity contribution in [3.8, 4) is 0 Å². The van der Waals surface area contributed by atoms with Gasteiger partial charge in [0.2, 0.25) is 0 Å². The first-order valence-corrected chi connectivity index (χ1v) is 7.97. The zero-order valence-electron chi connectivity index (χ0n) is 12.0. The molecule has 1 aromatic carbocycles. The molecule has 0 aliphatic carbocycles. The highest BCUT2D eigenvalue weighted by Gasteiger charge is 2.22. The van der Waals surface area contributed by atoms with Crippen molar-refractivity contribution in [1.29, 1.82) is 5.41 Å².